The zero-order valence-electron chi connectivity index (χ0n) is 14.4. The van der Waals surface area contributed by atoms with Crippen LogP contribution in [0.2, 0.25) is 0 Å². The van der Waals surface area contributed by atoms with Crippen LogP contribution in [0.4, 0.5) is 9.80 Å². The van der Waals surface area contributed by atoms with Crippen molar-refractivity contribution >= 4 is 28.4 Å². The molecular formula is C17H25NO4S. The molecule has 1 amide bonds. The van der Waals surface area contributed by atoms with Crippen LogP contribution in [0.5, 0.6) is 0 Å². The van der Waals surface area contributed by atoms with E-state index in [9.17, 15) is 9.59 Å². The second-order valence-electron chi connectivity index (χ2n) is 6.85. The van der Waals surface area contributed by atoms with Gasteiger partial charge in [0.15, 0.2) is 0 Å². The van der Waals surface area contributed by atoms with Crippen molar-refractivity contribution in [2.45, 2.75) is 47.0 Å². The van der Waals surface area contributed by atoms with Crippen molar-refractivity contribution in [2.75, 3.05) is 19.0 Å². The number of carbonyl (C=O) groups excluding carboxylic acids is 2. The summed E-state index contributed by atoms with van der Waals surface area (Å²) < 4.78 is 9.84. The zero-order chi connectivity index (χ0) is 17.2. The number of anilines is 1. The van der Waals surface area contributed by atoms with Gasteiger partial charge >= 0.3 is 12.1 Å². The van der Waals surface area contributed by atoms with Gasteiger partial charge in [-0.15, -0.1) is 11.3 Å². The Morgan fingerprint density at radius 2 is 2.04 bits per heavy atom. The molecule has 0 fully saturated rings. The summed E-state index contributed by atoms with van der Waals surface area (Å²) in [5, 5.41) is 3.20. The van der Waals surface area contributed by atoms with Crippen LogP contribution < -0.4 is 5.32 Å². The Morgan fingerprint density at radius 3 is 2.61 bits per heavy atom. The average Bonchev–Trinajstić information content (AvgIpc) is 2.83. The van der Waals surface area contributed by atoms with Gasteiger partial charge in [-0.3, -0.25) is 5.32 Å². The van der Waals surface area contributed by atoms with Crippen LogP contribution in [0.1, 0.15) is 54.9 Å². The third kappa shape index (κ3) is 3.86. The number of thiophene rings is 1. The molecule has 1 aromatic rings. The summed E-state index contributed by atoms with van der Waals surface area (Å²) in [7, 11) is 1.31. The average molecular weight is 339 g/mol. The van der Waals surface area contributed by atoms with Crippen molar-refractivity contribution < 1.29 is 19.1 Å². The van der Waals surface area contributed by atoms with Gasteiger partial charge in [0.25, 0.3) is 0 Å². The summed E-state index contributed by atoms with van der Waals surface area (Å²) in [6.07, 6.45) is 2.24. The van der Waals surface area contributed by atoms with Crippen LogP contribution >= 0.6 is 11.3 Å². The molecule has 128 valence electrons. The first-order valence-electron chi connectivity index (χ1n) is 7.94. The van der Waals surface area contributed by atoms with Crippen molar-refractivity contribution in [1.29, 1.82) is 0 Å². The summed E-state index contributed by atoms with van der Waals surface area (Å²) in [6, 6.07) is 0. The second-order valence-corrected chi connectivity index (χ2v) is 7.96. The largest absolute Gasteiger partial charge is 0.462 e. The van der Waals surface area contributed by atoms with Gasteiger partial charge in [0.1, 0.15) is 5.00 Å². The molecule has 0 spiro atoms. The number of methoxy groups -OCH3 is 1. The molecule has 0 aromatic carbocycles. The van der Waals surface area contributed by atoms with Crippen molar-refractivity contribution in [2.24, 2.45) is 11.3 Å². The van der Waals surface area contributed by atoms with Crippen molar-refractivity contribution in [3.63, 3.8) is 0 Å². The Morgan fingerprint density at radius 1 is 1.35 bits per heavy atom. The molecule has 1 aliphatic rings. The van der Waals surface area contributed by atoms with Crippen LogP contribution in [0.3, 0.4) is 0 Å². The Labute approximate surface area is 141 Å². The number of ether oxygens (including phenoxy) is 2. The summed E-state index contributed by atoms with van der Waals surface area (Å²) >= 11 is 1.47. The Balaban J connectivity index is 2.38. The lowest BCUT2D eigenvalue weighted by molar-refractivity contribution is 0.0526. The van der Waals surface area contributed by atoms with Gasteiger partial charge in [-0.1, -0.05) is 20.8 Å². The number of nitrogens with one attached hydrogen (secondary N) is 1. The fourth-order valence-corrected chi connectivity index (χ4v) is 4.28. The Kier molecular flexibility index (Phi) is 5.34. The third-order valence-electron chi connectivity index (χ3n) is 4.37. The highest BCUT2D eigenvalue weighted by Crippen LogP contribution is 2.44. The molecule has 0 unspecified atom stereocenters. The van der Waals surface area contributed by atoms with Gasteiger partial charge in [-0.2, -0.15) is 0 Å². The SMILES string of the molecule is CCOC(=O)c1c(NC(=O)OC)sc2c1CC[C@H](C(C)(C)C)C2. The van der Waals surface area contributed by atoms with Crippen LogP contribution in [-0.4, -0.2) is 25.8 Å². The standard InChI is InChI=1S/C17H25NO4S/c1-6-22-15(19)13-11-8-7-10(17(2,3)4)9-12(11)23-14(13)18-16(20)21-5/h10H,6-9H2,1-5H3,(H,18,20)/t10-/m0/s1. The van der Waals surface area contributed by atoms with Gasteiger partial charge in [-0.25, -0.2) is 9.59 Å². The van der Waals surface area contributed by atoms with Crippen molar-refractivity contribution in [1.82, 2.24) is 0 Å². The lowest BCUT2D eigenvalue weighted by Crippen LogP contribution is -2.26. The van der Waals surface area contributed by atoms with Crippen LogP contribution in [0.15, 0.2) is 0 Å². The first kappa shape index (κ1) is 17.8. The highest BCUT2D eigenvalue weighted by molar-refractivity contribution is 7.17. The molecule has 0 saturated heterocycles. The summed E-state index contributed by atoms with van der Waals surface area (Å²) in [6.45, 7) is 8.83. The normalized spacial score (nSPS) is 17.3. The first-order valence-corrected chi connectivity index (χ1v) is 8.76. The van der Waals surface area contributed by atoms with E-state index in [0.29, 0.717) is 23.1 Å². The van der Waals surface area contributed by atoms with E-state index in [-0.39, 0.29) is 11.4 Å². The van der Waals surface area contributed by atoms with Crippen LogP contribution in [-0.2, 0) is 22.3 Å². The maximum absolute atomic E-state index is 12.3. The maximum Gasteiger partial charge on any atom is 0.411 e. The van der Waals surface area contributed by atoms with Crippen molar-refractivity contribution in [3.05, 3.63) is 16.0 Å². The number of amides is 1. The van der Waals surface area contributed by atoms with E-state index in [2.05, 4.69) is 30.8 Å². The topological polar surface area (TPSA) is 64.6 Å². The van der Waals surface area contributed by atoms with E-state index in [4.69, 9.17) is 4.74 Å². The van der Waals surface area contributed by atoms with Gasteiger partial charge in [0.05, 0.1) is 19.3 Å². The fourth-order valence-electron chi connectivity index (χ4n) is 2.98. The zero-order valence-corrected chi connectivity index (χ0v) is 15.3. The number of rotatable bonds is 3. The Bertz CT molecular complexity index is 600. The lowest BCUT2D eigenvalue weighted by Gasteiger charge is -2.33. The molecule has 6 heteroatoms. The summed E-state index contributed by atoms with van der Waals surface area (Å²) in [5.41, 5.74) is 1.76. The maximum atomic E-state index is 12.3. The number of fused-ring (bicyclic) bond motifs is 1. The minimum Gasteiger partial charge on any atom is -0.462 e. The van der Waals surface area contributed by atoms with E-state index < -0.39 is 6.09 Å². The van der Waals surface area contributed by atoms with Crippen molar-refractivity contribution in [3.8, 4) is 0 Å². The summed E-state index contributed by atoms with van der Waals surface area (Å²) in [4.78, 5) is 25.1. The molecule has 0 radical (unpaired) electrons. The minimum atomic E-state index is -0.568. The van der Waals surface area contributed by atoms with Gasteiger partial charge in [0, 0.05) is 4.88 Å². The molecule has 0 saturated carbocycles. The first-order chi connectivity index (χ1) is 10.8. The highest BCUT2D eigenvalue weighted by Gasteiger charge is 2.34. The van der Waals surface area contributed by atoms with E-state index >= 15 is 0 Å². The molecule has 0 bridgehead atoms. The van der Waals surface area contributed by atoms with Crippen LogP contribution in [0.25, 0.3) is 0 Å². The molecule has 5 nitrogen and oxygen atoms in total. The molecular weight excluding hydrogens is 314 g/mol. The molecule has 2 rings (SSSR count). The number of esters is 1. The highest BCUT2D eigenvalue weighted by atomic mass is 32.1. The van der Waals surface area contributed by atoms with Crippen LogP contribution in [0, 0.1) is 11.3 Å². The monoisotopic (exact) mass is 339 g/mol. The lowest BCUT2D eigenvalue weighted by atomic mass is 9.72. The third-order valence-corrected chi connectivity index (χ3v) is 5.54. The van der Waals surface area contributed by atoms with E-state index in [0.717, 1.165) is 24.8 Å². The van der Waals surface area contributed by atoms with E-state index in [1.807, 2.05) is 0 Å². The van der Waals surface area contributed by atoms with E-state index in [1.54, 1.807) is 6.92 Å². The quantitative estimate of drug-likeness (QED) is 0.836. The molecule has 1 heterocycles. The number of hydrogen-bond acceptors (Lipinski definition) is 5. The molecule has 0 aliphatic heterocycles. The van der Waals surface area contributed by atoms with Gasteiger partial charge < -0.3 is 9.47 Å². The molecule has 1 aliphatic carbocycles. The molecule has 1 N–H and O–H groups in total. The smallest absolute Gasteiger partial charge is 0.411 e. The second kappa shape index (κ2) is 6.91. The number of carbonyl (C=O) groups is 2. The minimum absolute atomic E-state index is 0.224. The molecule has 1 aromatic heterocycles. The Hall–Kier alpha value is -1.56. The summed E-state index contributed by atoms with van der Waals surface area (Å²) in [5.74, 6) is 0.195. The van der Waals surface area contributed by atoms with E-state index in [1.165, 1.54) is 23.3 Å². The predicted octanol–water partition coefficient (Wildman–Crippen LogP) is 4.25. The molecule has 1 atom stereocenters. The molecule has 23 heavy (non-hydrogen) atoms. The number of hydrogen-bond donors (Lipinski definition) is 1. The van der Waals surface area contributed by atoms with Gasteiger partial charge in [-0.05, 0) is 43.1 Å². The van der Waals surface area contributed by atoms with Gasteiger partial charge in [0.2, 0.25) is 0 Å². The fraction of sp³-hybridized carbons (Fsp3) is 0.647. The predicted molar refractivity (Wildman–Crippen MR) is 91.3 cm³/mol.